The van der Waals surface area contributed by atoms with Crippen molar-refractivity contribution in [2.24, 2.45) is 0 Å². The molecule has 36 heavy (non-hydrogen) atoms. The summed E-state index contributed by atoms with van der Waals surface area (Å²) in [5, 5.41) is 7.62. The first-order valence-corrected chi connectivity index (χ1v) is 12.6. The average molecular weight is 503 g/mol. The van der Waals surface area contributed by atoms with Gasteiger partial charge in [0, 0.05) is 42.9 Å². The summed E-state index contributed by atoms with van der Waals surface area (Å²) in [6, 6.07) is 17.4. The van der Waals surface area contributed by atoms with E-state index in [1.54, 1.807) is 34.6 Å². The van der Waals surface area contributed by atoms with Crippen LogP contribution in [0.2, 0.25) is 0 Å². The van der Waals surface area contributed by atoms with Gasteiger partial charge in [0.15, 0.2) is 5.65 Å². The molecule has 1 aromatic carbocycles. The maximum atomic E-state index is 13.3. The maximum absolute atomic E-state index is 13.3. The van der Waals surface area contributed by atoms with Crippen molar-refractivity contribution in [1.82, 2.24) is 19.6 Å². The minimum Gasteiger partial charge on any atom is -0.370 e. The molecule has 1 fully saturated rings. The number of nitrogens with one attached hydrogen (secondary N) is 2. The Morgan fingerprint density at radius 1 is 0.972 bits per heavy atom. The quantitative estimate of drug-likeness (QED) is 0.403. The molecule has 2 N–H and O–H groups in total. The molecule has 1 aliphatic heterocycles. The van der Waals surface area contributed by atoms with Gasteiger partial charge in [0.25, 0.3) is 11.5 Å². The molecule has 10 heteroatoms. The number of amides is 2. The zero-order valence-corrected chi connectivity index (χ0v) is 20.4. The second kappa shape index (κ2) is 10.6. The number of fused-ring (bicyclic) bond motifs is 1. The second-order valence-electron chi connectivity index (χ2n) is 8.42. The molecule has 3 aromatic heterocycles. The number of anilines is 2. The molecule has 0 spiro atoms. The van der Waals surface area contributed by atoms with Gasteiger partial charge in [-0.05, 0) is 35.7 Å². The third-order valence-electron chi connectivity index (χ3n) is 6.13. The molecule has 0 atom stereocenters. The van der Waals surface area contributed by atoms with E-state index in [-0.39, 0.29) is 29.6 Å². The van der Waals surface area contributed by atoms with Gasteiger partial charge in [-0.25, -0.2) is 4.98 Å². The zero-order chi connectivity index (χ0) is 24.9. The minimum atomic E-state index is -0.366. The van der Waals surface area contributed by atoms with Gasteiger partial charge in [-0.3, -0.25) is 18.8 Å². The van der Waals surface area contributed by atoms with Crippen LogP contribution in [0.3, 0.4) is 0 Å². The van der Waals surface area contributed by atoms with E-state index in [9.17, 15) is 14.4 Å². The van der Waals surface area contributed by atoms with Crippen LogP contribution in [-0.4, -0.2) is 58.8 Å². The number of hydrogen-bond donors (Lipinski definition) is 2. The van der Waals surface area contributed by atoms with Gasteiger partial charge in [0.2, 0.25) is 5.91 Å². The van der Waals surface area contributed by atoms with E-state index < -0.39 is 0 Å². The van der Waals surface area contributed by atoms with E-state index >= 15 is 0 Å². The molecule has 4 heterocycles. The number of pyridine rings is 1. The topological polar surface area (TPSA) is 99.1 Å². The molecular formula is C26H26N6O3S. The molecular weight excluding hydrogens is 476 g/mol. The van der Waals surface area contributed by atoms with Gasteiger partial charge in [0.05, 0.1) is 24.8 Å². The van der Waals surface area contributed by atoms with Crippen molar-refractivity contribution in [3.63, 3.8) is 0 Å². The number of carbonyl (C=O) groups excluding carboxylic acids is 2. The number of hydrogen-bond acceptors (Lipinski definition) is 7. The lowest BCUT2D eigenvalue weighted by atomic mass is 10.2. The lowest BCUT2D eigenvalue weighted by Gasteiger charge is -2.36. The number of nitrogens with zero attached hydrogens (tertiary/aromatic N) is 4. The standard InChI is InChI=1S/C26H26N6O3S/c33-23(28-16-20-8-5-15-36-20)18-27-22-17-29-24-21(9-4-10-32(24)26(22)35)25(34)31-13-11-30(12-14-31)19-6-2-1-3-7-19/h1-10,15,17,27H,11-14,16,18H2,(H,28,33). The maximum Gasteiger partial charge on any atom is 0.281 e. The second-order valence-corrected chi connectivity index (χ2v) is 9.45. The Bertz CT molecular complexity index is 1410. The molecule has 0 bridgehead atoms. The van der Waals surface area contributed by atoms with Crippen LogP contribution in [0.1, 0.15) is 15.2 Å². The average Bonchev–Trinajstić information content (AvgIpc) is 3.45. The number of piperazine rings is 1. The van der Waals surface area contributed by atoms with Crippen LogP contribution in [0.25, 0.3) is 5.65 Å². The Labute approximate surface area is 212 Å². The Morgan fingerprint density at radius 2 is 1.78 bits per heavy atom. The summed E-state index contributed by atoms with van der Waals surface area (Å²) in [5.74, 6) is -0.382. The normalized spacial score (nSPS) is 13.6. The Morgan fingerprint density at radius 3 is 2.53 bits per heavy atom. The predicted molar refractivity (Wildman–Crippen MR) is 141 cm³/mol. The monoisotopic (exact) mass is 502 g/mol. The molecule has 5 rings (SSSR count). The molecule has 184 valence electrons. The molecule has 0 radical (unpaired) electrons. The number of benzene rings is 1. The van der Waals surface area contributed by atoms with Gasteiger partial charge in [-0.1, -0.05) is 24.3 Å². The van der Waals surface area contributed by atoms with Crippen LogP contribution in [0.4, 0.5) is 11.4 Å². The van der Waals surface area contributed by atoms with Crippen molar-refractivity contribution in [1.29, 1.82) is 0 Å². The summed E-state index contributed by atoms with van der Waals surface area (Å²) in [7, 11) is 0. The number of carbonyl (C=O) groups is 2. The number of para-hydroxylation sites is 1. The predicted octanol–water partition coefficient (Wildman–Crippen LogP) is 2.45. The number of thiophene rings is 1. The van der Waals surface area contributed by atoms with Crippen molar-refractivity contribution in [3.05, 3.63) is 93.2 Å². The van der Waals surface area contributed by atoms with Gasteiger partial charge < -0.3 is 20.4 Å². The van der Waals surface area contributed by atoms with E-state index in [1.165, 1.54) is 10.6 Å². The Balaban J connectivity index is 1.25. The SMILES string of the molecule is O=C(CNc1cnc2c(C(=O)N3CCN(c4ccccc4)CC3)cccn2c1=O)NCc1cccs1. The first kappa shape index (κ1) is 23.6. The van der Waals surface area contributed by atoms with Crippen molar-refractivity contribution < 1.29 is 9.59 Å². The van der Waals surface area contributed by atoms with Crippen molar-refractivity contribution in [2.45, 2.75) is 6.54 Å². The summed E-state index contributed by atoms with van der Waals surface area (Å²) < 4.78 is 1.35. The number of aromatic nitrogens is 2. The van der Waals surface area contributed by atoms with Gasteiger partial charge >= 0.3 is 0 Å². The van der Waals surface area contributed by atoms with E-state index in [2.05, 4.69) is 32.7 Å². The third-order valence-corrected chi connectivity index (χ3v) is 7.01. The largest absolute Gasteiger partial charge is 0.370 e. The summed E-state index contributed by atoms with van der Waals surface area (Å²) in [5.41, 5.74) is 1.64. The molecule has 0 saturated carbocycles. The molecule has 0 aliphatic carbocycles. The summed E-state index contributed by atoms with van der Waals surface area (Å²) in [4.78, 5) is 48.0. The van der Waals surface area contributed by atoms with Crippen LogP contribution in [0.15, 0.2) is 77.2 Å². The Kier molecular flexibility index (Phi) is 6.94. The summed E-state index contributed by atoms with van der Waals surface area (Å²) >= 11 is 1.56. The van der Waals surface area contributed by atoms with Crippen molar-refractivity contribution in [3.8, 4) is 0 Å². The van der Waals surface area contributed by atoms with E-state index in [0.29, 0.717) is 30.8 Å². The summed E-state index contributed by atoms with van der Waals surface area (Å²) in [6.45, 7) is 3.02. The smallest absolute Gasteiger partial charge is 0.281 e. The van der Waals surface area contributed by atoms with Crippen molar-refractivity contribution >= 4 is 40.2 Å². The van der Waals surface area contributed by atoms with E-state index in [0.717, 1.165) is 23.7 Å². The first-order valence-electron chi connectivity index (χ1n) is 11.7. The van der Waals surface area contributed by atoms with E-state index in [4.69, 9.17) is 0 Å². The highest BCUT2D eigenvalue weighted by molar-refractivity contribution is 7.09. The molecule has 0 unspecified atom stereocenters. The van der Waals surface area contributed by atoms with Crippen LogP contribution in [0.5, 0.6) is 0 Å². The first-order chi connectivity index (χ1) is 17.6. The fourth-order valence-electron chi connectivity index (χ4n) is 4.21. The molecule has 1 saturated heterocycles. The molecule has 2 amide bonds. The van der Waals surface area contributed by atoms with Crippen LogP contribution >= 0.6 is 11.3 Å². The third kappa shape index (κ3) is 5.08. The minimum absolute atomic E-state index is 0.0569. The fraction of sp³-hybridized carbons (Fsp3) is 0.231. The zero-order valence-electron chi connectivity index (χ0n) is 19.6. The highest BCUT2D eigenvalue weighted by atomic mass is 32.1. The highest BCUT2D eigenvalue weighted by Gasteiger charge is 2.24. The van der Waals surface area contributed by atoms with Crippen molar-refractivity contribution in [2.75, 3.05) is 42.9 Å². The summed E-state index contributed by atoms with van der Waals surface area (Å²) in [6.07, 6.45) is 2.96. The molecule has 4 aromatic rings. The molecule has 1 aliphatic rings. The van der Waals surface area contributed by atoms with E-state index in [1.807, 2.05) is 35.7 Å². The fourth-order valence-corrected chi connectivity index (χ4v) is 4.85. The Hall–Kier alpha value is -4.18. The van der Waals surface area contributed by atoms with Gasteiger partial charge in [-0.15, -0.1) is 11.3 Å². The van der Waals surface area contributed by atoms with Gasteiger partial charge in [-0.2, -0.15) is 0 Å². The molecule has 9 nitrogen and oxygen atoms in total. The van der Waals surface area contributed by atoms with Crippen LogP contribution in [-0.2, 0) is 11.3 Å². The van der Waals surface area contributed by atoms with Gasteiger partial charge in [0.1, 0.15) is 5.69 Å². The van der Waals surface area contributed by atoms with Crippen LogP contribution in [0, 0.1) is 0 Å². The lowest BCUT2D eigenvalue weighted by molar-refractivity contribution is -0.119. The highest BCUT2D eigenvalue weighted by Crippen LogP contribution is 2.18. The number of rotatable bonds is 7. The van der Waals surface area contributed by atoms with Crippen LogP contribution < -0.4 is 21.1 Å². The lowest BCUT2D eigenvalue weighted by Crippen LogP contribution is -2.49.